The van der Waals surface area contributed by atoms with Crippen LogP contribution in [0.15, 0.2) is 22.7 Å². The normalized spacial score (nSPS) is 22.7. The lowest BCUT2D eigenvalue weighted by Gasteiger charge is -2.34. The number of ether oxygens (including phenoxy) is 2. The van der Waals surface area contributed by atoms with Crippen LogP contribution in [0, 0.1) is 6.92 Å². The van der Waals surface area contributed by atoms with Crippen molar-refractivity contribution in [2.75, 3.05) is 20.2 Å². The summed E-state index contributed by atoms with van der Waals surface area (Å²) in [5.41, 5.74) is 0.967. The van der Waals surface area contributed by atoms with Gasteiger partial charge in [0, 0.05) is 25.7 Å². The molecule has 0 spiro atoms. The highest BCUT2D eigenvalue weighted by Gasteiger charge is 2.30. The molecule has 7 nitrogen and oxygen atoms in total. The summed E-state index contributed by atoms with van der Waals surface area (Å²) in [5, 5.41) is 3.84. The van der Waals surface area contributed by atoms with Crippen molar-refractivity contribution in [3.8, 4) is 5.88 Å². The van der Waals surface area contributed by atoms with E-state index >= 15 is 0 Å². The molecular formula is C15H20N4O3. The van der Waals surface area contributed by atoms with Crippen molar-refractivity contribution in [3.63, 3.8) is 0 Å². The lowest BCUT2D eigenvalue weighted by Crippen LogP contribution is -2.42. The molecule has 0 bridgehead atoms. The molecule has 118 valence electrons. The van der Waals surface area contributed by atoms with Crippen LogP contribution < -0.4 is 4.74 Å². The molecule has 2 aromatic heterocycles. The molecule has 0 aliphatic carbocycles. The third-order valence-corrected chi connectivity index (χ3v) is 3.53. The van der Waals surface area contributed by atoms with Crippen LogP contribution in [0.25, 0.3) is 0 Å². The van der Waals surface area contributed by atoms with Crippen molar-refractivity contribution in [2.45, 2.75) is 32.6 Å². The zero-order valence-electron chi connectivity index (χ0n) is 13.0. The fourth-order valence-corrected chi connectivity index (χ4v) is 2.64. The van der Waals surface area contributed by atoms with Crippen LogP contribution in [0.2, 0.25) is 0 Å². The number of hydrogen-bond acceptors (Lipinski definition) is 7. The average Bonchev–Trinajstić information content (AvgIpc) is 2.93. The summed E-state index contributed by atoms with van der Waals surface area (Å²) >= 11 is 0. The topological polar surface area (TPSA) is 73.5 Å². The average molecular weight is 304 g/mol. The SMILES string of the molecule is COc1cccc(CN2C[C@@H](C)O[C@@H](c3nc(C)no3)C2)n1. The fourth-order valence-electron chi connectivity index (χ4n) is 2.64. The molecule has 2 aromatic rings. The standard InChI is InChI=1S/C15H20N4O3/c1-10-7-19(8-12-5-4-6-14(17-12)20-3)9-13(21-10)15-16-11(2)18-22-15/h4-6,10,13H,7-9H2,1-3H3/t10-,13-/m1/s1. The summed E-state index contributed by atoms with van der Waals surface area (Å²) in [7, 11) is 1.62. The Morgan fingerprint density at radius 3 is 2.91 bits per heavy atom. The third-order valence-electron chi connectivity index (χ3n) is 3.53. The lowest BCUT2D eigenvalue weighted by atomic mass is 10.2. The third kappa shape index (κ3) is 3.42. The maximum absolute atomic E-state index is 5.92. The van der Waals surface area contributed by atoms with Gasteiger partial charge in [-0.3, -0.25) is 4.90 Å². The van der Waals surface area contributed by atoms with Crippen LogP contribution in [0.1, 0.15) is 30.4 Å². The van der Waals surface area contributed by atoms with Crippen molar-refractivity contribution >= 4 is 0 Å². The molecule has 3 heterocycles. The first-order valence-electron chi connectivity index (χ1n) is 7.32. The highest BCUT2D eigenvalue weighted by molar-refractivity contribution is 5.15. The second kappa shape index (κ2) is 6.41. The minimum Gasteiger partial charge on any atom is -0.481 e. The van der Waals surface area contributed by atoms with Gasteiger partial charge in [-0.15, -0.1) is 0 Å². The molecule has 1 aliphatic rings. The first-order chi connectivity index (χ1) is 10.6. The molecule has 1 fully saturated rings. The van der Waals surface area contributed by atoms with Gasteiger partial charge in [0.2, 0.25) is 5.88 Å². The lowest BCUT2D eigenvalue weighted by molar-refractivity contribution is -0.0933. The second-order valence-electron chi connectivity index (χ2n) is 5.48. The molecule has 22 heavy (non-hydrogen) atoms. The monoisotopic (exact) mass is 304 g/mol. The predicted molar refractivity (Wildman–Crippen MR) is 78.4 cm³/mol. The minimum absolute atomic E-state index is 0.0940. The number of hydrogen-bond donors (Lipinski definition) is 0. The molecule has 7 heteroatoms. The zero-order chi connectivity index (χ0) is 15.5. The van der Waals surface area contributed by atoms with E-state index in [1.165, 1.54) is 0 Å². The Hall–Kier alpha value is -1.99. The van der Waals surface area contributed by atoms with E-state index < -0.39 is 0 Å². The molecule has 0 radical (unpaired) electrons. The summed E-state index contributed by atoms with van der Waals surface area (Å²) in [4.78, 5) is 11.0. The van der Waals surface area contributed by atoms with Crippen molar-refractivity contribution in [1.29, 1.82) is 0 Å². The van der Waals surface area contributed by atoms with E-state index in [2.05, 4.69) is 20.0 Å². The summed E-state index contributed by atoms with van der Waals surface area (Å²) in [6, 6.07) is 5.79. The van der Waals surface area contributed by atoms with Gasteiger partial charge in [0.25, 0.3) is 5.89 Å². The van der Waals surface area contributed by atoms with E-state index in [1.807, 2.05) is 25.1 Å². The van der Waals surface area contributed by atoms with Crippen molar-refractivity contribution in [3.05, 3.63) is 35.6 Å². The first kappa shape index (κ1) is 14.9. The van der Waals surface area contributed by atoms with Crippen LogP contribution in [0.4, 0.5) is 0 Å². The molecule has 1 saturated heterocycles. The summed E-state index contributed by atoms with van der Waals surface area (Å²) in [5.74, 6) is 1.79. The molecule has 0 amide bonds. The largest absolute Gasteiger partial charge is 0.481 e. The van der Waals surface area contributed by atoms with Crippen LogP contribution in [0.5, 0.6) is 5.88 Å². The van der Waals surface area contributed by atoms with E-state index in [0.29, 0.717) is 24.1 Å². The number of morpholine rings is 1. The van der Waals surface area contributed by atoms with E-state index in [4.69, 9.17) is 14.0 Å². The Kier molecular flexibility index (Phi) is 4.35. The molecule has 0 N–H and O–H groups in total. The van der Waals surface area contributed by atoms with Crippen molar-refractivity contribution in [2.24, 2.45) is 0 Å². The maximum atomic E-state index is 5.92. The Labute approximate surface area is 129 Å². The first-order valence-corrected chi connectivity index (χ1v) is 7.32. The molecule has 0 aromatic carbocycles. The van der Waals surface area contributed by atoms with Gasteiger partial charge in [-0.1, -0.05) is 11.2 Å². The van der Waals surface area contributed by atoms with E-state index in [-0.39, 0.29) is 12.2 Å². The number of aromatic nitrogens is 3. The summed E-state index contributed by atoms with van der Waals surface area (Å²) in [6.07, 6.45) is -0.105. The summed E-state index contributed by atoms with van der Waals surface area (Å²) < 4.78 is 16.3. The minimum atomic E-state index is -0.199. The summed E-state index contributed by atoms with van der Waals surface area (Å²) in [6.45, 7) is 6.11. The van der Waals surface area contributed by atoms with Gasteiger partial charge in [-0.2, -0.15) is 4.98 Å². The zero-order valence-corrected chi connectivity index (χ0v) is 13.0. The highest BCUT2D eigenvalue weighted by atomic mass is 16.5. The second-order valence-corrected chi connectivity index (χ2v) is 5.48. The predicted octanol–water partition coefficient (Wildman–Crippen LogP) is 1.74. The molecule has 1 aliphatic heterocycles. The fraction of sp³-hybridized carbons (Fsp3) is 0.533. The Bertz CT molecular complexity index is 631. The Morgan fingerprint density at radius 2 is 2.18 bits per heavy atom. The number of nitrogens with zero attached hydrogens (tertiary/aromatic N) is 4. The van der Waals surface area contributed by atoms with Gasteiger partial charge < -0.3 is 14.0 Å². The van der Waals surface area contributed by atoms with Gasteiger partial charge >= 0.3 is 0 Å². The Balaban J connectivity index is 1.70. The maximum Gasteiger partial charge on any atom is 0.257 e. The Morgan fingerprint density at radius 1 is 1.32 bits per heavy atom. The van der Waals surface area contributed by atoms with Crippen molar-refractivity contribution < 1.29 is 14.0 Å². The van der Waals surface area contributed by atoms with Crippen LogP contribution >= 0.6 is 0 Å². The van der Waals surface area contributed by atoms with Crippen LogP contribution in [-0.4, -0.2) is 46.3 Å². The van der Waals surface area contributed by atoms with Crippen LogP contribution in [0.3, 0.4) is 0 Å². The number of pyridine rings is 1. The molecular weight excluding hydrogens is 284 g/mol. The number of methoxy groups -OCH3 is 1. The number of aryl methyl sites for hydroxylation is 1. The van der Waals surface area contributed by atoms with Gasteiger partial charge in [-0.05, 0) is 19.9 Å². The molecule has 0 unspecified atom stereocenters. The molecule has 2 atom stereocenters. The van der Waals surface area contributed by atoms with Gasteiger partial charge in [0.15, 0.2) is 5.82 Å². The van der Waals surface area contributed by atoms with E-state index in [9.17, 15) is 0 Å². The van der Waals surface area contributed by atoms with Gasteiger partial charge in [0.1, 0.15) is 6.10 Å². The highest BCUT2D eigenvalue weighted by Crippen LogP contribution is 2.25. The van der Waals surface area contributed by atoms with Gasteiger partial charge in [0.05, 0.1) is 18.9 Å². The van der Waals surface area contributed by atoms with Gasteiger partial charge in [-0.25, -0.2) is 4.98 Å². The van der Waals surface area contributed by atoms with Crippen molar-refractivity contribution in [1.82, 2.24) is 20.0 Å². The van der Waals surface area contributed by atoms with E-state index in [0.717, 1.165) is 18.8 Å². The molecule has 3 rings (SSSR count). The number of rotatable bonds is 4. The quantitative estimate of drug-likeness (QED) is 0.851. The van der Waals surface area contributed by atoms with E-state index in [1.54, 1.807) is 14.0 Å². The smallest absolute Gasteiger partial charge is 0.257 e. The molecule has 0 saturated carbocycles. The van der Waals surface area contributed by atoms with Crippen LogP contribution in [-0.2, 0) is 11.3 Å².